The first-order chi connectivity index (χ1) is 31.7. The number of rotatable bonds is 12. The number of aromatic nitrogens is 4. The van der Waals surface area contributed by atoms with Gasteiger partial charge in [-0.2, -0.15) is 0 Å². The minimum absolute atomic E-state index is 0. The number of H-pyrrole nitrogens is 4. The molecule has 2 saturated heterocycles. The van der Waals surface area contributed by atoms with Crippen LogP contribution in [-0.4, -0.2) is 112 Å². The monoisotopic (exact) mass is 916 g/mol. The normalized spacial score (nSPS) is 14.8. The number of piperidine rings is 2. The minimum Gasteiger partial charge on any atom is -0.870 e. The molecular formula is C51H53N6NaO9. The van der Waals surface area contributed by atoms with Gasteiger partial charge < -0.3 is 44.7 Å². The number of pyridine rings is 2. The first kappa shape index (κ1) is 48.7. The molecule has 16 heteroatoms. The van der Waals surface area contributed by atoms with Crippen LogP contribution in [0.4, 0.5) is 0 Å². The number of hydrogen-bond acceptors (Lipinski definition) is 10. The molecule has 0 atom stereocenters. The van der Waals surface area contributed by atoms with Crippen molar-refractivity contribution in [1.82, 2.24) is 29.7 Å². The van der Waals surface area contributed by atoms with Crippen LogP contribution in [0, 0.1) is 11.8 Å². The standard InChI is InChI=1S/C26H27N3O4.C25H25N3O4.Na.H2O/c1-32-26(31)17-8-10-29(11-9-17)12-13-33-20-6-7-23-19(14-20)16-24(27-23)21-15-18-4-2-3-5-22(18)28-25(21)30;29-24-20(14-17-3-1-2-4-21(17)27-24)23-15-18-13-19(5-6-22(18)26-23)32-12-11-28-9-7-16(8-10-28)25(30)31;;/h2-7,14-17,27H,8-13H2,1H3,(H,28,30);1-6,13-16,26H,7-12H2,(H,27,29)(H,30,31);;1H2/q;;+1;/p-1. The number of methoxy groups -OCH3 is 1. The summed E-state index contributed by atoms with van der Waals surface area (Å²) in [4.78, 5) is 65.1. The maximum absolute atomic E-state index is 12.6. The maximum atomic E-state index is 12.6. The van der Waals surface area contributed by atoms with Crippen LogP contribution in [0.1, 0.15) is 25.7 Å². The van der Waals surface area contributed by atoms with Crippen LogP contribution in [-0.2, 0) is 14.3 Å². The second-order valence-electron chi connectivity index (χ2n) is 16.9. The van der Waals surface area contributed by atoms with Gasteiger partial charge in [-0.15, -0.1) is 0 Å². The zero-order valence-corrected chi connectivity index (χ0v) is 39.7. The second kappa shape index (κ2) is 22.1. The third kappa shape index (κ3) is 11.5. The third-order valence-corrected chi connectivity index (χ3v) is 12.7. The number of carboxylic acid groups (broad SMARTS) is 1. The molecule has 4 aromatic carbocycles. The van der Waals surface area contributed by atoms with Crippen LogP contribution in [0.5, 0.6) is 11.5 Å². The van der Waals surface area contributed by atoms with Crippen molar-refractivity contribution >= 4 is 55.6 Å². The van der Waals surface area contributed by atoms with E-state index in [4.69, 9.17) is 19.3 Å². The number of likely N-dealkylation sites (tertiary alicyclic amines) is 2. The fourth-order valence-corrected chi connectivity index (χ4v) is 8.93. The number of aromatic amines is 4. The van der Waals surface area contributed by atoms with E-state index in [1.807, 2.05) is 109 Å². The number of nitrogens with zero attached hydrogens (tertiary/aromatic N) is 2. The molecule has 6 N–H and O–H groups in total. The summed E-state index contributed by atoms with van der Waals surface area (Å²) in [5, 5.41) is 13.1. The van der Waals surface area contributed by atoms with E-state index in [2.05, 4.69) is 29.7 Å². The second-order valence-corrected chi connectivity index (χ2v) is 16.9. The van der Waals surface area contributed by atoms with Gasteiger partial charge in [-0.05, 0) is 135 Å². The molecule has 0 unspecified atom stereocenters. The van der Waals surface area contributed by atoms with E-state index in [0.717, 1.165) is 119 Å². The fraction of sp³-hybridized carbons (Fsp3) is 0.294. The van der Waals surface area contributed by atoms with Gasteiger partial charge in [0, 0.05) is 45.9 Å². The van der Waals surface area contributed by atoms with Crippen molar-refractivity contribution in [2.45, 2.75) is 25.7 Å². The van der Waals surface area contributed by atoms with E-state index in [1.54, 1.807) is 0 Å². The van der Waals surface area contributed by atoms with Gasteiger partial charge in [0.25, 0.3) is 11.1 Å². The Morgan fingerprint density at radius 2 is 0.985 bits per heavy atom. The van der Waals surface area contributed by atoms with Crippen LogP contribution in [0.15, 0.2) is 119 Å². The average molecular weight is 917 g/mol. The van der Waals surface area contributed by atoms with Gasteiger partial charge in [0.1, 0.15) is 24.7 Å². The fourth-order valence-electron chi connectivity index (χ4n) is 8.93. The summed E-state index contributed by atoms with van der Waals surface area (Å²) >= 11 is 0. The average Bonchev–Trinajstić information content (AvgIpc) is 3.95. The molecule has 2 aliphatic rings. The molecule has 0 spiro atoms. The van der Waals surface area contributed by atoms with Crippen molar-refractivity contribution in [2.75, 3.05) is 59.6 Å². The maximum Gasteiger partial charge on any atom is 1.00 e. The third-order valence-electron chi connectivity index (χ3n) is 12.7. The summed E-state index contributed by atoms with van der Waals surface area (Å²) in [5.74, 6) is 0.585. The number of carbonyl (C=O) groups excluding carboxylic acids is 1. The number of esters is 1. The van der Waals surface area contributed by atoms with E-state index < -0.39 is 5.97 Å². The Labute approximate surface area is 408 Å². The molecule has 0 radical (unpaired) electrons. The molecule has 0 amide bonds. The smallest absolute Gasteiger partial charge is 0.870 e. The number of ether oxygens (including phenoxy) is 3. The van der Waals surface area contributed by atoms with Crippen LogP contribution < -0.4 is 50.1 Å². The molecule has 2 fully saturated rings. The summed E-state index contributed by atoms with van der Waals surface area (Å²) in [6, 6.07) is 35.0. The summed E-state index contributed by atoms with van der Waals surface area (Å²) in [5.41, 5.74) is 6.06. The Bertz CT molecular complexity index is 3110. The zero-order valence-electron chi connectivity index (χ0n) is 37.7. The Morgan fingerprint density at radius 1 is 0.567 bits per heavy atom. The molecule has 4 aromatic heterocycles. The van der Waals surface area contributed by atoms with Crippen molar-refractivity contribution in [3.63, 3.8) is 0 Å². The number of carboxylic acids is 1. The zero-order chi connectivity index (χ0) is 44.9. The van der Waals surface area contributed by atoms with E-state index in [0.29, 0.717) is 37.2 Å². The van der Waals surface area contributed by atoms with Gasteiger partial charge in [-0.3, -0.25) is 29.0 Å². The number of benzene rings is 4. The molecule has 342 valence electrons. The van der Waals surface area contributed by atoms with Crippen molar-refractivity contribution in [1.29, 1.82) is 0 Å². The Hall–Kier alpha value is -6.20. The summed E-state index contributed by atoms with van der Waals surface area (Å²) in [6.45, 7) is 6.06. The molecule has 2 aliphatic heterocycles. The van der Waals surface area contributed by atoms with Crippen molar-refractivity contribution < 1.29 is 63.9 Å². The molecule has 0 aliphatic carbocycles. The van der Waals surface area contributed by atoms with E-state index in [-0.39, 0.29) is 64.0 Å². The SMILES string of the molecule is COC(=O)C1CCN(CCOc2ccc3[nH]c(-c4cc5ccccc5[nH]c4=O)cc3c2)CC1.O=C(O)C1CCN(CCOc2ccc3[nH]c(-c4cc5ccccc5[nH]c4=O)cc3c2)CC1.[Na+].[OH-]. The molecule has 10 rings (SSSR count). The van der Waals surface area contributed by atoms with Crippen LogP contribution >= 0.6 is 0 Å². The molecule has 67 heavy (non-hydrogen) atoms. The summed E-state index contributed by atoms with van der Waals surface area (Å²) in [6.07, 6.45) is 3.06. The van der Waals surface area contributed by atoms with Crippen molar-refractivity contribution in [3.05, 3.63) is 130 Å². The minimum atomic E-state index is -0.689. The number of nitrogens with one attached hydrogen (secondary N) is 4. The Morgan fingerprint density at radius 3 is 1.42 bits per heavy atom. The number of hydrogen-bond donors (Lipinski definition) is 5. The van der Waals surface area contributed by atoms with E-state index in [1.165, 1.54) is 7.11 Å². The van der Waals surface area contributed by atoms with Crippen LogP contribution in [0.3, 0.4) is 0 Å². The largest absolute Gasteiger partial charge is 1.00 e. The first-order valence-electron chi connectivity index (χ1n) is 22.2. The van der Waals surface area contributed by atoms with Gasteiger partial charge in [0.05, 0.1) is 41.5 Å². The van der Waals surface area contributed by atoms with Crippen molar-refractivity contribution in [3.8, 4) is 34.0 Å². The van der Waals surface area contributed by atoms with Gasteiger partial charge in [-0.25, -0.2) is 0 Å². The van der Waals surface area contributed by atoms with Gasteiger partial charge in [-0.1, -0.05) is 36.4 Å². The Balaban J connectivity index is 0.000000193. The van der Waals surface area contributed by atoms with Crippen LogP contribution in [0.2, 0.25) is 0 Å². The molecule has 0 saturated carbocycles. The molecular weight excluding hydrogens is 864 g/mol. The molecule has 6 heterocycles. The molecule has 15 nitrogen and oxygen atoms in total. The number of aliphatic carboxylic acids is 1. The number of para-hydroxylation sites is 2. The van der Waals surface area contributed by atoms with E-state index in [9.17, 15) is 19.2 Å². The predicted octanol–water partition coefficient (Wildman–Crippen LogP) is 4.62. The Kier molecular flexibility index (Phi) is 16.0. The van der Waals surface area contributed by atoms with Gasteiger partial charge >= 0.3 is 41.5 Å². The first-order valence-corrected chi connectivity index (χ1v) is 22.2. The number of carbonyl (C=O) groups is 2. The quantitative estimate of drug-likeness (QED) is 0.0842. The molecule has 0 bridgehead atoms. The topological polar surface area (TPSA) is 216 Å². The predicted molar refractivity (Wildman–Crippen MR) is 255 cm³/mol. The van der Waals surface area contributed by atoms with Gasteiger partial charge in [0.15, 0.2) is 0 Å². The number of fused-ring (bicyclic) bond motifs is 4. The molecule has 8 aromatic rings. The van der Waals surface area contributed by atoms with Crippen molar-refractivity contribution in [2.24, 2.45) is 11.8 Å². The van der Waals surface area contributed by atoms with Crippen LogP contribution in [0.25, 0.3) is 66.1 Å². The van der Waals surface area contributed by atoms with E-state index >= 15 is 0 Å². The summed E-state index contributed by atoms with van der Waals surface area (Å²) < 4.78 is 16.8. The summed E-state index contributed by atoms with van der Waals surface area (Å²) in [7, 11) is 1.45. The van der Waals surface area contributed by atoms with Gasteiger partial charge in [0.2, 0.25) is 0 Å².